The molecule has 0 unspecified atom stereocenters. The lowest BCUT2D eigenvalue weighted by Crippen LogP contribution is -2.30. The van der Waals surface area contributed by atoms with E-state index in [4.69, 9.17) is 0 Å². The molecule has 0 bridgehead atoms. The van der Waals surface area contributed by atoms with Gasteiger partial charge >= 0.3 is 6.18 Å². The minimum absolute atomic E-state index is 0.00403. The van der Waals surface area contributed by atoms with Crippen LogP contribution < -0.4 is 0 Å². The number of rotatable bonds is 9. The molecule has 4 nitrogen and oxygen atoms in total. The van der Waals surface area contributed by atoms with Gasteiger partial charge in [0.2, 0.25) is 0 Å². The molecule has 1 saturated carbocycles. The monoisotopic (exact) mass is 513 g/mol. The van der Waals surface area contributed by atoms with Gasteiger partial charge in [0, 0.05) is 61.1 Å². The summed E-state index contributed by atoms with van der Waals surface area (Å²) < 4.78 is 37.5. The van der Waals surface area contributed by atoms with Crippen LogP contribution in [0.4, 0.5) is 13.2 Å². The molecule has 0 N–H and O–H groups in total. The molecule has 0 radical (unpaired) electrons. The summed E-state index contributed by atoms with van der Waals surface area (Å²) in [5, 5.41) is 1.65. The normalized spacial score (nSPS) is 21.9. The van der Waals surface area contributed by atoms with Crippen LogP contribution >= 0.6 is 22.7 Å². The van der Waals surface area contributed by atoms with E-state index in [0.29, 0.717) is 29.6 Å². The first-order valence-corrected chi connectivity index (χ1v) is 14.1. The summed E-state index contributed by atoms with van der Waals surface area (Å²) in [5.74, 6) is 1.61. The lowest BCUT2D eigenvalue weighted by atomic mass is 9.78. The number of fused-ring (bicyclic) bond motifs is 1. The maximum Gasteiger partial charge on any atom is 0.389 e. The van der Waals surface area contributed by atoms with Crippen LogP contribution in [0.15, 0.2) is 6.20 Å². The predicted octanol–water partition coefficient (Wildman–Crippen LogP) is 6.20. The number of aromatic nitrogens is 2. The standard InChI is InChI=1S/C25H34F3N3OS2/c1-17-29-16-21(33-17)15-20(32)14-19-4-2-18(3-5-19)7-11-31-12-8-22-23(9-13-31)34-24(30-22)6-10-25(26,27)28/h16,18-19H,2-15H2,1H3. The zero-order chi connectivity index (χ0) is 24.1. The molecular formula is C25H34F3N3OS2. The number of carbonyl (C=O) groups is 1. The molecule has 0 saturated heterocycles. The van der Waals surface area contributed by atoms with Gasteiger partial charge in [-0.15, -0.1) is 22.7 Å². The summed E-state index contributed by atoms with van der Waals surface area (Å²) in [6.45, 7) is 4.96. The maximum absolute atomic E-state index is 12.5. The van der Waals surface area contributed by atoms with Crippen LogP contribution in [0.1, 0.15) is 70.4 Å². The van der Waals surface area contributed by atoms with E-state index in [0.717, 1.165) is 66.8 Å². The molecule has 0 spiro atoms. The van der Waals surface area contributed by atoms with Gasteiger partial charge in [-0.3, -0.25) is 4.79 Å². The Balaban J connectivity index is 1.13. The third-order valence-electron chi connectivity index (χ3n) is 7.14. The van der Waals surface area contributed by atoms with Gasteiger partial charge in [0.05, 0.1) is 15.7 Å². The number of hydrogen-bond donors (Lipinski definition) is 0. The Bertz CT molecular complexity index is 922. The van der Waals surface area contributed by atoms with Gasteiger partial charge in [-0.25, -0.2) is 9.97 Å². The number of aryl methyl sites for hydroxylation is 2. The fourth-order valence-corrected chi connectivity index (χ4v) is 7.13. The molecule has 0 amide bonds. The molecule has 1 fully saturated rings. The van der Waals surface area contributed by atoms with Crippen LogP contribution in [0.3, 0.4) is 0 Å². The molecule has 4 rings (SSSR count). The first-order chi connectivity index (χ1) is 16.2. The van der Waals surface area contributed by atoms with Crippen molar-refractivity contribution in [3.05, 3.63) is 31.7 Å². The molecule has 1 aliphatic carbocycles. The van der Waals surface area contributed by atoms with E-state index in [2.05, 4.69) is 14.9 Å². The average molecular weight is 514 g/mol. The maximum atomic E-state index is 12.5. The SMILES string of the molecule is Cc1ncc(CC(=O)CC2CCC(CCN3CCc4nc(CCC(F)(F)F)sc4CC3)CC2)s1. The van der Waals surface area contributed by atoms with Crippen molar-refractivity contribution in [1.29, 1.82) is 0 Å². The van der Waals surface area contributed by atoms with Crippen molar-refractivity contribution in [2.75, 3.05) is 19.6 Å². The Morgan fingerprint density at radius 3 is 2.56 bits per heavy atom. The second kappa shape index (κ2) is 11.6. The summed E-state index contributed by atoms with van der Waals surface area (Å²) in [4.78, 5) is 25.9. The summed E-state index contributed by atoms with van der Waals surface area (Å²) in [5.41, 5.74) is 1.02. The Hall–Kier alpha value is -1.32. The molecule has 188 valence electrons. The van der Waals surface area contributed by atoms with Crippen molar-refractivity contribution in [2.45, 2.75) is 83.7 Å². The third-order valence-corrected chi connectivity index (χ3v) is 9.27. The van der Waals surface area contributed by atoms with E-state index in [1.165, 1.54) is 35.5 Å². The highest BCUT2D eigenvalue weighted by molar-refractivity contribution is 7.12. The van der Waals surface area contributed by atoms with Crippen molar-refractivity contribution in [3.8, 4) is 0 Å². The molecule has 2 aliphatic rings. The first kappa shape index (κ1) is 25.8. The third kappa shape index (κ3) is 7.85. The van der Waals surface area contributed by atoms with Gasteiger partial charge in [0.25, 0.3) is 0 Å². The summed E-state index contributed by atoms with van der Waals surface area (Å²) >= 11 is 3.10. The van der Waals surface area contributed by atoms with Gasteiger partial charge in [-0.2, -0.15) is 13.2 Å². The van der Waals surface area contributed by atoms with E-state index in [9.17, 15) is 18.0 Å². The van der Waals surface area contributed by atoms with Gasteiger partial charge < -0.3 is 4.90 Å². The van der Waals surface area contributed by atoms with Crippen molar-refractivity contribution in [2.24, 2.45) is 11.8 Å². The van der Waals surface area contributed by atoms with Crippen molar-refractivity contribution < 1.29 is 18.0 Å². The van der Waals surface area contributed by atoms with Gasteiger partial charge in [0.1, 0.15) is 5.78 Å². The topological polar surface area (TPSA) is 46.1 Å². The first-order valence-electron chi connectivity index (χ1n) is 12.4. The number of Topliss-reactive ketones (excluding diaryl/α,β-unsaturated/α-hetero) is 1. The zero-order valence-corrected chi connectivity index (χ0v) is 21.5. The van der Waals surface area contributed by atoms with Gasteiger partial charge in [0.15, 0.2) is 0 Å². The molecule has 3 heterocycles. The van der Waals surface area contributed by atoms with Crippen molar-refractivity contribution in [3.63, 3.8) is 0 Å². The van der Waals surface area contributed by atoms with E-state index in [1.807, 2.05) is 13.1 Å². The smallest absolute Gasteiger partial charge is 0.303 e. The number of hydrogen-bond acceptors (Lipinski definition) is 6. The van der Waals surface area contributed by atoms with E-state index < -0.39 is 12.6 Å². The minimum Gasteiger partial charge on any atom is -0.303 e. The Labute approximate surface area is 208 Å². The number of nitrogens with zero attached hydrogens (tertiary/aromatic N) is 3. The molecule has 0 aromatic carbocycles. The Morgan fingerprint density at radius 2 is 1.85 bits per heavy atom. The highest BCUT2D eigenvalue weighted by atomic mass is 32.1. The van der Waals surface area contributed by atoms with Gasteiger partial charge in [-0.1, -0.05) is 12.8 Å². The van der Waals surface area contributed by atoms with Crippen molar-refractivity contribution in [1.82, 2.24) is 14.9 Å². The molecule has 9 heteroatoms. The number of ketones is 1. The Morgan fingerprint density at radius 1 is 1.12 bits per heavy atom. The largest absolute Gasteiger partial charge is 0.389 e. The number of halogens is 3. The summed E-state index contributed by atoms with van der Waals surface area (Å²) in [6, 6.07) is 0. The van der Waals surface area contributed by atoms with Gasteiger partial charge in [-0.05, 0) is 51.0 Å². The van der Waals surface area contributed by atoms with Crippen LogP contribution in [0.5, 0.6) is 0 Å². The van der Waals surface area contributed by atoms with E-state index >= 15 is 0 Å². The summed E-state index contributed by atoms with van der Waals surface area (Å²) in [6.07, 6.45) is 5.83. The molecule has 1 aliphatic heterocycles. The Kier molecular flexibility index (Phi) is 8.80. The zero-order valence-electron chi connectivity index (χ0n) is 19.8. The van der Waals surface area contributed by atoms with Crippen LogP contribution in [0.25, 0.3) is 0 Å². The highest BCUT2D eigenvalue weighted by Gasteiger charge is 2.28. The van der Waals surface area contributed by atoms with E-state index in [-0.39, 0.29) is 6.42 Å². The molecule has 34 heavy (non-hydrogen) atoms. The number of thiazole rings is 2. The highest BCUT2D eigenvalue weighted by Crippen LogP contribution is 2.34. The fourth-order valence-electron chi connectivity index (χ4n) is 5.21. The molecular weight excluding hydrogens is 479 g/mol. The number of alkyl halides is 3. The lowest BCUT2D eigenvalue weighted by Gasteiger charge is -2.30. The van der Waals surface area contributed by atoms with Crippen LogP contribution in [-0.2, 0) is 30.5 Å². The second-order valence-corrected chi connectivity index (χ2v) is 12.4. The second-order valence-electron chi connectivity index (χ2n) is 9.87. The van der Waals surface area contributed by atoms with Crippen LogP contribution in [0, 0.1) is 18.8 Å². The summed E-state index contributed by atoms with van der Waals surface area (Å²) in [7, 11) is 0. The lowest BCUT2D eigenvalue weighted by molar-refractivity contribution is -0.134. The molecule has 0 atom stereocenters. The van der Waals surface area contributed by atoms with Crippen LogP contribution in [-0.4, -0.2) is 46.5 Å². The fraction of sp³-hybridized carbons (Fsp3) is 0.720. The van der Waals surface area contributed by atoms with Crippen molar-refractivity contribution >= 4 is 28.5 Å². The minimum atomic E-state index is -4.12. The van der Waals surface area contributed by atoms with E-state index in [1.54, 1.807) is 11.3 Å². The average Bonchev–Trinajstić information content (AvgIpc) is 3.32. The van der Waals surface area contributed by atoms with Crippen LogP contribution in [0.2, 0.25) is 0 Å². The number of carbonyl (C=O) groups excluding carboxylic acids is 1. The molecule has 2 aromatic rings. The predicted molar refractivity (Wildman–Crippen MR) is 131 cm³/mol. The molecule has 2 aromatic heterocycles. The quantitative estimate of drug-likeness (QED) is 0.400.